The Kier molecular flexibility index (Phi) is 2.70. The van der Waals surface area contributed by atoms with Crippen LogP contribution in [0.2, 0.25) is 0 Å². The molecule has 3 amide bonds. The molecule has 0 radical (unpaired) electrons. The molecule has 1 saturated carbocycles. The molecule has 0 aromatic rings. The quantitative estimate of drug-likeness (QED) is 0.611. The summed E-state index contributed by atoms with van der Waals surface area (Å²) in [7, 11) is 0. The Balaban J connectivity index is 1.94. The fourth-order valence-corrected chi connectivity index (χ4v) is 1.98. The van der Waals surface area contributed by atoms with Gasteiger partial charge in [-0.2, -0.15) is 4.90 Å². The highest BCUT2D eigenvalue weighted by Gasteiger charge is 2.37. The first-order chi connectivity index (χ1) is 7.18. The number of hydrogen-bond acceptors (Lipinski definition) is 4. The second-order valence-electron chi connectivity index (χ2n) is 3.91. The second-order valence-corrected chi connectivity index (χ2v) is 3.91. The van der Waals surface area contributed by atoms with Crippen molar-refractivity contribution in [2.45, 2.75) is 44.6 Å². The minimum Gasteiger partial charge on any atom is -0.445 e. The van der Waals surface area contributed by atoms with Crippen LogP contribution in [0, 0.1) is 0 Å². The smallest absolute Gasteiger partial charge is 0.423 e. The molecule has 1 aliphatic heterocycles. The molecule has 82 valence electrons. The third-order valence-corrected chi connectivity index (χ3v) is 2.80. The molecule has 0 unspecified atom stereocenters. The Morgan fingerprint density at radius 3 is 2.20 bits per heavy atom. The van der Waals surface area contributed by atoms with E-state index in [1.54, 1.807) is 0 Å². The highest BCUT2D eigenvalue weighted by Crippen LogP contribution is 2.23. The van der Waals surface area contributed by atoms with Crippen LogP contribution < -0.4 is 0 Å². The third kappa shape index (κ3) is 2.00. The fraction of sp³-hybridized carbons (Fsp3) is 0.700. The number of imide groups is 3. The maximum absolute atomic E-state index is 11.5. The normalized spacial score (nSPS) is 22.5. The number of amides is 3. The molecule has 1 saturated heterocycles. The molecule has 5 nitrogen and oxygen atoms in total. The molecule has 0 aromatic heterocycles. The van der Waals surface area contributed by atoms with Gasteiger partial charge in [-0.1, -0.05) is 0 Å². The predicted octanol–water partition coefficient (Wildman–Crippen LogP) is 1.21. The van der Waals surface area contributed by atoms with Gasteiger partial charge in [0.2, 0.25) is 11.8 Å². The highest BCUT2D eigenvalue weighted by molar-refractivity contribution is 6.13. The molecule has 0 aromatic carbocycles. The van der Waals surface area contributed by atoms with E-state index in [1.165, 1.54) is 0 Å². The summed E-state index contributed by atoms with van der Waals surface area (Å²) < 4.78 is 5.08. The van der Waals surface area contributed by atoms with Crippen LogP contribution in [0.5, 0.6) is 0 Å². The van der Waals surface area contributed by atoms with Gasteiger partial charge >= 0.3 is 6.09 Å². The number of hydrogen-bond donors (Lipinski definition) is 0. The van der Waals surface area contributed by atoms with Crippen LogP contribution in [0.4, 0.5) is 4.79 Å². The molecule has 1 aliphatic carbocycles. The average Bonchev–Trinajstić information content (AvgIpc) is 2.77. The summed E-state index contributed by atoms with van der Waals surface area (Å²) in [6, 6.07) is 0. The molecular weight excluding hydrogens is 198 g/mol. The number of likely N-dealkylation sites (tertiary alicyclic amines) is 1. The van der Waals surface area contributed by atoms with Crippen molar-refractivity contribution in [3.63, 3.8) is 0 Å². The summed E-state index contributed by atoms with van der Waals surface area (Å²) in [6.07, 6.45) is 3.11. The van der Waals surface area contributed by atoms with Crippen LogP contribution in [-0.2, 0) is 14.3 Å². The maximum atomic E-state index is 11.5. The van der Waals surface area contributed by atoms with E-state index in [2.05, 4.69) is 0 Å². The summed E-state index contributed by atoms with van der Waals surface area (Å²) >= 11 is 0. The minimum atomic E-state index is -0.783. The average molecular weight is 211 g/mol. The van der Waals surface area contributed by atoms with Gasteiger partial charge in [0.25, 0.3) is 0 Å². The number of carbonyl (C=O) groups excluding carboxylic acids is 3. The molecule has 0 atom stereocenters. The van der Waals surface area contributed by atoms with Crippen molar-refractivity contribution in [2.24, 2.45) is 0 Å². The van der Waals surface area contributed by atoms with Gasteiger partial charge in [-0.05, 0) is 25.7 Å². The molecule has 5 heteroatoms. The Bertz CT molecular complexity index is 291. The lowest BCUT2D eigenvalue weighted by molar-refractivity contribution is -0.136. The van der Waals surface area contributed by atoms with Gasteiger partial charge in [0, 0.05) is 12.8 Å². The van der Waals surface area contributed by atoms with E-state index in [1.807, 2.05) is 0 Å². The van der Waals surface area contributed by atoms with E-state index < -0.39 is 17.9 Å². The largest absolute Gasteiger partial charge is 0.445 e. The fourth-order valence-electron chi connectivity index (χ4n) is 1.98. The molecule has 15 heavy (non-hydrogen) atoms. The van der Waals surface area contributed by atoms with Crippen LogP contribution in [0.25, 0.3) is 0 Å². The molecule has 1 heterocycles. The molecule has 2 aliphatic rings. The standard InChI is InChI=1S/C10H13NO4/c12-8-5-6-9(13)11(8)10(14)15-7-3-1-2-4-7/h7H,1-6H2. The zero-order valence-electron chi connectivity index (χ0n) is 8.40. The van der Waals surface area contributed by atoms with Gasteiger partial charge in [0.05, 0.1) is 0 Å². The van der Waals surface area contributed by atoms with Crippen molar-refractivity contribution >= 4 is 17.9 Å². The third-order valence-electron chi connectivity index (χ3n) is 2.80. The van der Waals surface area contributed by atoms with Crippen molar-refractivity contribution in [1.82, 2.24) is 4.90 Å². The van der Waals surface area contributed by atoms with Gasteiger partial charge in [-0.25, -0.2) is 4.79 Å². The SMILES string of the molecule is O=C1CCC(=O)N1C(=O)OC1CCCC1. The Hall–Kier alpha value is -1.39. The minimum absolute atomic E-state index is 0.112. The van der Waals surface area contributed by atoms with Crippen LogP contribution in [0.15, 0.2) is 0 Å². The predicted molar refractivity (Wildman–Crippen MR) is 49.8 cm³/mol. The van der Waals surface area contributed by atoms with Crippen molar-refractivity contribution in [3.05, 3.63) is 0 Å². The van der Waals surface area contributed by atoms with Crippen LogP contribution in [0.3, 0.4) is 0 Å². The molecule has 0 bridgehead atoms. The van der Waals surface area contributed by atoms with Crippen molar-refractivity contribution in [3.8, 4) is 0 Å². The van der Waals surface area contributed by atoms with Gasteiger partial charge in [-0.3, -0.25) is 9.59 Å². The first kappa shape index (κ1) is 10.1. The van der Waals surface area contributed by atoms with E-state index in [-0.39, 0.29) is 18.9 Å². The van der Waals surface area contributed by atoms with Crippen LogP contribution in [0.1, 0.15) is 38.5 Å². The number of ether oxygens (including phenoxy) is 1. The number of nitrogens with zero attached hydrogens (tertiary/aromatic N) is 1. The summed E-state index contributed by atoms with van der Waals surface area (Å²) in [4.78, 5) is 34.5. The first-order valence-corrected chi connectivity index (χ1v) is 5.25. The van der Waals surface area contributed by atoms with Crippen molar-refractivity contribution in [1.29, 1.82) is 0 Å². The van der Waals surface area contributed by atoms with Crippen molar-refractivity contribution < 1.29 is 19.1 Å². The lowest BCUT2D eigenvalue weighted by Gasteiger charge is -2.16. The van der Waals surface area contributed by atoms with E-state index in [0.717, 1.165) is 25.7 Å². The topological polar surface area (TPSA) is 63.7 Å². The van der Waals surface area contributed by atoms with E-state index in [4.69, 9.17) is 4.74 Å². The van der Waals surface area contributed by atoms with Crippen LogP contribution >= 0.6 is 0 Å². The van der Waals surface area contributed by atoms with Crippen LogP contribution in [-0.4, -0.2) is 28.9 Å². The van der Waals surface area contributed by atoms with E-state index in [0.29, 0.717) is 4.90 Å². The van der Waals surface area contributed by atoms with E-state index >= 15 is 0 Å². The zero-order valence-corrected chi connectivity index (χ0v) is 8.40. The van der Waals surface area contributed by atoms with E-state index in [9.17, 15) is 14.4 Å². The summed E-state index contributed by atoms with van der Waals surface area (Å²) in [5, 5.41) is 0. The highest BCUT2D eigenvalue weighted by atomic mass is 16.6. The van der Waals surface area contributed by atoms with Gasteiger partial charge in [-0.15, -0.1) is 0 Å². The first-order valence-electron chi connectivity index (χ1n) is 5.25. The molecule has 2 fully saturated rings. The summed E-state index contributed by atoms with van der Waals surface area (Å²) in [5.74, 6) is -0.883. The summed E-state index contributed by atoms with van der Waals surface area (Å²) in [5.41, 5.74) is 0. The maximum Gasteiger partial charge on any atom is 0.423 e. The Morgan fingerprint density at radius 1 is 1.13 bits per heavy atom. The number of rotatable bonds is 1. The zero-order chi connectivity index (χ0) is 10.8. The molecule has 2 rings (SSSR count). The van der Waals surface area contributed by atoms with Gasteiger partial charge in [0.15, 0.2) is 0 Å². The second kappa shape index (κ2) is 4.00. The van der Waals surface area contributed by atoms with Gasteiger partial charge < -0.3 is 4.74 Å². The van der Waals surface area contributed by atoms with Gasteiger partial charge in [0.1, 0.15) is 6.10 Å². The summed E-state index contributed by atoms with van der Waals surface area (Å²) in [6.45, 7) is 0. The molecular formula is C10H13NO4. The van der Waals surface area contributed by atoms with Crippen molar-refractivity contribution in [2.75, 3.05) is 0 Å². The molecule has 0 N–H and O–H groups in total. The number of carbonyl (C=O) groups is 3. The Labute approximate surface area is 87.4 Å². The lowest BCUT2D eigenvalue weighted by Crippen LogP contribution is -2.37. The lowest BCUT2D eigenvalue weighted by atomic mass is 10.3. The monoisotopic (exact) mass is 211 g/mol. The Morgan fingerprint density at radius 2 is 1.67 bits per heavy atom. The molecule has 0 spiro atoms.